The summed E-state index contributed by atoms with van der Waals surface area (Å²) in [5, 5.41) is 0. The van der Waals surface area contributed by atoms with Gasteiger partial charge >= 0.3 is 12.4 Å². The molecule has 6 aromatic rings. The van der Waals surface area contributed by atoms with E-state index in [2.05, 4.69) is 110 Å². The molecule has 0 radical (unpaired) electrons. The zero-order valence-electron chi connectivity index (χ0n) is 48.8. The van der Waals surface area contributed by atoms with Crippen molar-refractivity contribution in [2.75, 3.05) is 0 Å². The summed E-state index contributed by atoms with van der Waals surface area (Å²) in [6.45, 7) is 39.4. The lowest BCUT2D eigenvalue weighted by Crippen LogP contribution is -2.54. The van der Waals surface area contributed by atoms with Crippen LogP contribution >= 0.6 is 0 Å². The number of para-hydroxylation sites is 1. The van der Waals surface area contributed by atoms with Crippen molar-refractivity contribution in [1.82, 2.24) is 0 Å². The number of halogens is 6. The van der Waals surface area contributed by atoms with Crippen molar-refractivity contribution in [3.8, 4) is 41.3 Å². The van der Waals surface area contributed by atoms with Gasteiger partial charge in [-0.25, -0.2) is 4.21 Å². The molecule has 0 aliphatic heterocycles. The van der Waals surface area contributed by atoms with Crippen LogP contribution in [0.1, 0.15) is 161 Å². The molecule has 2 nitrogen and oxygen atoms in total. The van der Waals surface area contributed by atoms with Crippen molar-refractivity contribution in [1.29, 1.82) is 0 Å². The van der Waals surface area contributed by atoms with Gasteiger partial charge in [0.2, 0.25) is 16.5 Å². The fourth-order valence-electron chi connectivity index (χ4n) is 5.38. The third-order valence-electron chi connectivity index (χ3n) is 8.86. The van der Waals surface area contributed by atoms with Crippen LogP contribution in [0, 0.1) is 35.5 Å². The number of hydrogen-bond donors (Lipinski definition) is 0. The predicted octanol–water partition coefficient (Wildman–Crippen LogP) is 21.1. The maximum absolute atomic E-state index is 13.5. The van der Waals surface area contributed by atoms with Crippen molar-refractivity contribution in [2.24, 2.45) is 0 Å². The highest BCUT2D eigenvalue weighted by Gasteiger charge is 2.72. The first kappa shape index (κ1) is 79.9. The quantitative estimate of drug-likeness (QED) is 0.118. The number of rotatable bonds is 7. The molecule has 0 saturated carbocycles. The van der Waals surface area contributed by atoms with Crippen molar-refractivity contribution in [3.63, 3.8) is 0 Å². The SMILES string of the molecule is CC.CC.CC.CC.CC.CC.CC#CC.CC#CC.CC#CC.CC(C)(c1ccccc1)c1ccccc1.FC(F)(F)C(c1ccccc1)(c1ccccc1)C(F)(F)F.O=S(Oc1ccccc1)c1ccccc1. The third-order valence-corrected chi connectivity index (χ3v) is 9.86. The monoisotopic (exact) mass is 1060 g/mol. The second-order valence-electron chi connectivity index (χ2n) is 13.3. The summed E-state index contributed by atoms with van der Waals surface area (Å²) in [4.78, 5) is 0.668. The molecule has 414 valence electrons. The van der Waals surface area contributed by atoms with Gasteiger partial charge in [0.1, 0.15) is 5.75 Å². The van der Waals surface area contributed by atoms with Crippen LogP contribution in [-0.2, 0) is 21.9 Å². The largest absolute Gasteiger partial charge is 0.411 e. The summed E-state index contributed by atoms with van der Waals surface area (Å²) >= 11 is -1.43. The lowest BCUT2D eigenvalue weighted by Gasteiger charge is -2.38. The van der Waals surface area contributed by atoms with Gasteiger partial charge in [-0.1, -0.05) is 255 Å². The Kier molecular flexibility index (Phi) is 55.8. The lowest BCUT2D eigenvalue weighted by molar-refractivity contribution is -0.288. The van der Waals surface area contributed by atoms with Crippen molar-refractivity contribution in [2.45, 2.75) is 167 Å². The Morgan fingerprint density at radius 1 is 0.333 bits per heavy atom. The summed E-state index contributed by atoms with van der Waals surface area (Å²) in [7, 11) is 0. The Morgan fingerprint density at radius 3 is 0.747 bits per heavy atom. The molecule has 75 heavy (non-hydrogen) atoms. The Labute approximate surface area is 455 Å². The van der Waals surface area contributed by atoms with Crippen molar-refractivity contribution < 1.29 is 34.7 Å². The summed E-state index contributed by atoms with van der Waals surface area (Å²) in [5.41, 5.74) is -2.94. The highest BCUT2D eigenvalue weighted by Crippen LogP contribution is 2.56. The molecule has 0 bridgehead atoms. The molecule has 0 aliphatic carbocycles. The number of alkyl halides is 6. The molecular formula is C66H90F6O2S. The van der Waals surface area contributed by atoms with Crippen LogP contribution in [0.3, 0.4) is 0 Å². The van der Waals surface area contributed by atoms with E-state index in [4.69, 9.17) is 4.18 Å². The lowest BCUT2D eigenvalue weighted by atomic mass is 9.73. The molecule has 0 aliphatic rings. The third kappa shape index (κ3) is 32.5. The molecule has 0 heterocycles. The van der Waals surface area contributed by atoms with E-state index in [0.717, 1.165) is 48.5 Å². The summed E-state index contributed by atoms with van der Waals surface area (Å²) in [6, 6.07) is 50.2. The van der Waals surface area contributed by atoms with Gasteiger partial charge in [0.05, 0.1) is 4.90 Å². The molecule has 0 fully saturated rings. The van der Waals surface area contributed by atoms with E-state index in [9.17, 15) is 30.6 Å². The van der Waals surface area contributed by atoms with E-state index < -0.39 is 40.0 Å². The van der Waals surface area contributed by atoms with Gasteiger partial charge in [-0.2, -0.15) is 26.3 Å². The smallest absolute Gasteiger partial charge is 0.397 e. The molecule has 0 aromatic heterocycles. The van der Waals surface area contributed by atoms with Crippen LogP contribution in [0.5, 0.6) is 5.75 Å². The second-order valence-corrected chi connectivity index (χ2v) is 14.4. The van der Waals surface area contributed by atoms with E-state index in [1.165, 1.54) is 23.3 Å². The molecule has 9 heteroatoms. The average Bonchev–Trinajstić information content (AvgIpc) is 3.47. The van der Waals surface area contributed by atoms with Gasteiger partial charge in [-0.15, -0.1) is 35.5 Å². The first-order chi connectivity index (χ1) is 36.0. The van der Waals surface area contributed by atoms with Crippen LogP contribution in [0.2, 0.25) is 0 Å². The Hall–Kier alpha value is -6.47. The Balaban J connectivity index is -0.000000198. The molecule has 0 amide bonds. The van der Waals surface area contributed by atoms with Crippen LogP contribution in [0.4, 0.5) is 26.3 Å². The fraction of sp³-hybridized carbons (Fsp3) is 0.364. The van der Waals surface area contributed by atoms with E-state index >= 15 is 0 Å². The minimum atomic E-state index is -5.52. The highest BCUT2D eigenvalue weighted by molar-refractivity contribution is 7.80. The van der Waals surface area contributed by atoms with Crippen LogP contribution in [0.15, 0.2) is 187 Å². The van der Waals surface area contributed by atoms with Gasteiger partial charge in [-0.05, 0) is 88.1 Å². The summed E-state index contributed by atoms with van der Waals surface area (Å²) < 4.78 is 98.1. The standard InChI is InChI=1S/C15H10F6.C15H16.C12H10O2S.3C4H6.6C2H6/c16-14(17,18)13(15(19,20)21,11-7-3-1-4-8-11)12-9-5-2-6-10-12;1-15(2,13-9-5-3-6-10-13)14-11-7-4-8-12-14;13-15(12-9-5-2-6-10-12)14-11-7-3-1-4-8-11;3*1-3-4-2;6*1-2/h1-10H;3-12H,1-2H3;1-10H;3*1-2H3;6*1-2H3. The van der Waals surface area contributed by atoms with Crippen LogP contribution in [0.25, 0.3) is 0 Å². The Morgan fingerprint density at radius 2 is 0.533 bits per heavy atom. The minimum absolute atomic E-state index is 0.0858. The van der Waals surface area contributed by atoms with E-state index in [0.29, 0.717) is 10.6 Å². The zero-order chi connectivity index (χ0) is 59.2. The number of hydrogen-bond acceptors (Lipinski definition) is 2. The molecule has 0 saturated heterocycles. The van der Waals surface area contributed by atoms with Gasteiger partial charge in [-0.3, -0.25) is 0 Å². The molecule has 1 unspecified atom stereocenters. The van der Waals surface area contributed by atoms with Gasteiger partial charge < -0.3 is 4.18 Å². The molecule has 1 atom stereocenters. The molecule has 0 N–H and O–H groups in total. The molecule has 0 spiro atoms. The Bertz CT molecular complexity index is 2180. The van der Waals surface area contributed by atoms with E-state index in [-0.39, 0.29) is 5.41 Å². The zero-order valence-corrected chi connectivity index (χ0v) is 49.6. The topological polar surface area (TPSA) is 26.3 Å². The van der Waals surface area contributed by atoms with Gasteiger partial charge in [0, 0.05) is 5.41 Å². The second kappa shape index (κ2) is 52.4. The van der Waals surface area contributed by atoms with Gasteiger partial charge in [0.25, 0.3) is 0 Å². The summed E-state index contributed by atoms with van der Waals surface area (Å²) in [6.07, 6.45) is -11.0. The first-order valence-corrected chi connectivity index (χ1v) is 26.7. The maximum atomic E-state index is 13.5. The number of benzene rings is 6. The van der Waals surface area contributed by atoms with Gasteiger partial charge in [0.15, 0.2) is 0 Å². The molecule has 6 aromatic carbocycles. The van der Waals surface area contributed by atoms with E-state index in [1.54, 1.807) is 24.3 Å². The van der Waals surface area contributed by atoms with E-state index in [1.807, 2.05) is 161 Å². The van der Waals surface area contributed by atoms with Crippen LogP contribution in [-0.4, -0.2) is 16.6 Å². The summed E-state index contributed by atoms with van der Waals surface area (Å²) in [5.74, 6) is 16.7. The fourth-order valence-corrected chi connectivity index (χ4v) is 6.14. The average molecular weight is 1060 g/mol. The minimum Gasteiger partial charge on any atom is -0.397 e. The molecule has 6 rings (SSSR count). The van der Waals surface area contributed by atoms with Crippen molar-refractivity contribution >= 4 is 11.1 Å². The highest BCUT2D eigenvalue weighted by atomic mass is 32.2. The maximum Gasteiger partial charge on any atom is 0.411 e. The van der Waals surface area contributed by atoms with Crippen LogP contribution < -0.4 is 4.18 Å². The van der Waals surface area contributed by atoms with Crippen molar-refractivity contribution in [3.05, 3.63) is 204 Å². The molecular weight excluding hydrogens is 971 g/mol. The predicted molar refractivity (Wildman–Crippen MR) is 316 cm³/mol. The normalized spacial score (nSPS) is 9.41. The first-order valence-electron chi connectivity index (χ1n) is 25.6.